The van der Waals surface area contributed by atoms with Crippen molar-refractivity contribution in [2.75, 3.05) is 5.32 Å². The molecule has 0 aromatic carbocycles. The highest BCUT2D eigenvalue weighted by molar-refractivity contribution is 5.90. The SMILES string of the molecule is N#Cc1ncc(C(N)=O)nc1NC1CCCC1. The number of nitrogens with two attached hydrogens (primary N) is 1. The van der Waals surface area contributed by atoms with Gasteiger partial charge in [0.2, 0.25) is 0 Å². The van der Waals surface area contributed by atoms with Crippen LogP contribution in [-0.4, -0.2) is 21.9 Å². The molecule has 88 valence electrons. The molecule has 0 saturated heterocycles. The third kappa shape index (κ3) is 2.50. The Balaban J connectivity index is 2.25. The van der Waals surface area contributed by atoms with Crippen molar-refractivity contribution in [2.45, 2.75) is 31.7 Å². The van der Waals surface area contributed by atoms with Gasteiger partial charge in [-0.25, -0.2) is 9.97 Å². The van der Waals surface area contributed by atoms with Crippen molar-refractivity contribution in [3.63, 3.8) is 0 Å². The molecule has 1 saturated carbocycles. The summed E-state index contributed by atoms with van der Waals surface area (Å²) in [7, 11) is 0. The lowest BCUT2D eigenvalue weighted by Crippen LogP contribution is -2.20. The summed E-state index contributed by atoms with van der Waals surface area (Å²) in [6.07, 6.45) is 5.66. The lowest BCUT2D eigenvalue weighted by molar-refractivity contribution is 0.0995. The molecule has 0 radical (unpaired) electrons. The molecule has 0 spiro atoms. The van der Waals surface area contributed by atoms with Gasteiger partial charge in [-0.15, -0.1) is 0 Å². The van der Waals surface area contributed by atoms with Crippen LogP contribution in [0.15, 0.2) is 6.20 Å². The van der Waals surface area contributed by atoms with Gasteiger partial charge in [0.1, 0.15) is 11.8 Å². The Morgan fingerprint density at radius 3 is 2.82 bits per heavy atom. The van der Waals surface area contributed by atoms with Gasteiger partial charge in [0.25, 0.3) is 5.91 Å². The van der Waals surface area contributed by atoms with Crippen LogP contribution in [0.4, 0.5) is 5.82 Å². The number of nitrogens with zero attached hydrogens (tertiary/aromatic N) is 3. The molecule has 0 aliphatic heterocycles. The lowest BCUT2D eigenvalue weighted by atomic mass is 10.2. The maximum Gasteiger partial charge on any atom is 0.268 e. The van der Waals surface area contributed by atoms with Crippen LogP contribution >= 0.6 is 0 Å². The van der Waals surface area contributed by atoms with Crippen molar-refractivity contribution in [3.05, 3.63) is 17.6 Å². The quantitative estimate of drug-likeness (QED) is 0.800. The second-order valence-corrected chi connectivity index (χ2v) is 4.05. The summed E-state index contributed by atoms with van der Waals surface area (Å²) in [4.78, 5) is 18.9. The van der Waals surface area contributed by atoms with E-state index >= 15 is 0 Å². The Kier molecular flexibility index (Phi) is 3.19. The third-order valence-electron chi connectivity index (χ3n) is 2.83. The predicted octanol–water partition coefficient (Wildman–Crippen LogP) is 0.802. The van der Waals surface area contributed by atoms with Crippen molar-refractivity contribution in [1.29, 1.82) is 5.26 Å². The number of rotatable bonds is 3. The fourth-order valence-electron chi connectivity index (χ4n) is 1.95. The number of carbonyl (C=O) groups is 1. The van der Waals surface area contributed by atoms with Crippen molar-refractivity contribution in [2.24, 2.45) is 5.73 Å². The molecule has 3 N–H and O–H groups in total. The van der Waals surface area contributed by atoms with E-state index in [1.807, 2.05) is 6.07 Å². The summed E-state index contributed by atoms with van der Waals surface area (Å²) < 4.78 is 0. The number of hydrogen-bond acceptors (Lipinski definition) is 5. The number of primary amides is 1. The van der Waals surface area contributed by atoms with Crippen LogP contribution in [0.2, 0.25) is 0 Å². The largest absolute Gasteiger partial charge is 0.365 e. The fourth-order valence-corrected chi connectivity index (χ4v) is 1.95. The minimum Gasteiger partial charge on any atom is -0.365 e. The van der Waals surface area contributed by atoms with Gasteiger partial charge in [-0.2, -0.15) is 5.26 Å². The predicted molar refractivity (Wildman–Crippen MR) is 61.1 cm³/mol. The van der Waals surface area contributed by atoms with E-state index in [0.29, 0.717) is 11.9 Å². The van der Waals surface area contributed by atoms with Crippen molar-refractivity contribution in [3.8, 4) is 6.07 Å². The number of nitrogens with one attached hydrogen (secondary N) is 1. The van der Waals surface area contributed by atoms with Gasteiger partial charge in [0.15, 0.2) is 11.5 Å². The second-order valence-electron chi connectivity index (χ2n) is 4.05. The molecule has 6 nitrogen and oxygen atoms in total. The molecule has 1 heterocycles. The van der Waals surface area contributed by atoms with Gasteiger partial charge in [0.05, 0.1) is 6.20 Å². The molecule has 1 aliphatic carbocycles. The molecule has 1 fully saturated rings. The molecule has 0 unspecified atom stereocenters. The van der Waals surface area contributed by atoms with Crippen LogP contribution in [0.1, 0.15) is 41.9 Å². The van der Waals surface area contributed by atoms with Crippen LogP contribution < -0.4 is 11.1 Å². The van der Waals surface area contributed by atoms with E-state index in [-0.39, 0.29) is 11.4 Å². The zero-order chi connectivity index (χ0) is 12.3. The Morgan fingerprint density at radius 1 is 1.53 bits per heavy atom. The van der Waals surface area contributed by atoms with E-state index in [9.17, 15) is 4.79 Å². The number of nitriles is 1. The minimum atomic E-state index is -0.642. The zero-order valence-electron chi connectivity index (χ0n) is 9.31. The Bertz CT molecular complexity index is 473. The summed E-state index contributed by atoms with van der Waals surface area (Å²) in [5.41, 5.74) is 5.40. The molecule has 17 heavy (non-hydrogen) atoms. The zero-order valence-corrected chi connectivity index (χ0v) is 9.31. The molecule has 1 aromatic rings. The number of carbonyl (C=O) groups excluding carboxylic acids is 1. The first-order chi connectivity index (χ1) is 8.20. The normalized spacial score (nSPS) is 15.5. The van der Waals surface area contributed by atoms with Gasteiger partial charge in [-0.05, 0) is 12.8 Å². The molecule has 1 amide bonds. The van der Waals surface area contributed by atoms with Crippen molar-refractivity contribution in [1.82, 2.24) is 9.97 Å². The summed E-state index contributed by atoms with van der Waals surface area (Å²) in [5.74, 6) is -0.285. The molecule has 1 aromatic heterocycles. The van der Waals surface area contributed by atoms with Crippen molar-refractivity contribution >= 4 is 11.7 Å². The van der Waals surface area contributed by atoms with E-state index in [2.05, 4.69) is 15.3 Å². The molecule has 6 heteroatoms. The van der Waals surface area contributed by atoms with Crippen LogP contribution in [0.5, 0.6) is 0 Å². The van der Waals surface area contributed by atoms with Gasteiger partial charge >= 0.3 is 0 Å². The van der Waals surface area contributed by atoms with E-state index in [1.54, 1.807) is 0 Å². The van der Waals surface area contributed by atoms with Crippen LogP contribution in [0, 0.1) is 11.3 Å². The monoisotopic (exact) mass is 231 g/mol. The first-order valence-electron chi connectivity index (χ1n) is 5.54. The average Bonchev–Trinajstić information content (AvgIpc) is 2.81. The molecule has 0 atom stereocenters. The van der Waals surface area contributed by atoms with E-state index in [0.717, 1.165) is 12.8 Å². The minimum absolute atomic E-state index is 0.0736. The molecular weight excluding hydrogens is 218 g/mol. The number of hydrogen-bond donors (Lipinski definition) is 2. The van der Waals surface area contributed by atoms with E-state index in [1.165, 1.54) is 19.0 Å². The summed E-state index contributed by atoms with van der Waals surface area (Å²) in [5, 5.41) is 12.1. The van der Waals surface area contributed by atoms with Gasteiger partial charge in [-0.3, -0.25) is 4.79 Å². The summed E-state index contributed by atoms with van der Waals surface area (Å²) >= 11 is 0. The molecular formula is C11H13N5O. The summed E-state index contributed by atoms with van der Waals surface area (Å²) in [6, 6.07) is 2.25. The first-order valence-corrected chi connectivity index (χ1v) is 5.54. The highest BCUT2D eigenvalue weighted by Crippen LogP contribution is 2.22. The number of amides is 1. The first kappa shape index (κ1) is 11.3. The Hall–Kier alpha value is -2.16. The smallest absolute Gasteiger partial charge is 0.268 e. The fraction of sp³-hybridized carbons (Fsp3) is 0.455. The molecule has 0 bridgehead atoms. The van der Waals surface area contributed by atoms with Gasteiger partial charge in [0, 0.05) is 6.04 Å². The maximum absolute atomic E-state index is 11.0. The number of aromatic nitrogens is 2. The Labute approximate surface area is 98.9 Å². The lowest BCUT2D eigenvalue weighted by Gasteiger charge is -2.13. The van der Waals surface area contributed by atoms with Crippen LogP contribution in [0.3, 0.4) is 0 Å². The number of anilines is 1. The van der Waals surface area contributed by atoms with Crippen molar-refractivity contribution < 1.29 is 4.79 Å². The standard InChI is InChI=1S/C11H13N5O/c12-5-8-11(15-7-3-1-2-4-7)16-9(6-14-8)10(13)17/h6-7H,1-4H2,(H2,13,17)(H,15,16). The summed E-state index contributed by atoms with van der Waals surface area (Å²) in [6.45, 7) is 0. The average molecular weight is 231 g/mol. The highest BCUT2D eigenvalue weighted by Gasteiger charge is 2.18. The van der Waals surface area contributed by atoms with Gasteiger partial charge < -0.3 is 11.1 Å². The topological polar surface area (TPSA) is 105 Å². The molecule has 1 aliphatic rings. The van der Waals surface area contributed by atoms with Crippen LogP contribution in [-0.2, 0) is 0 Å². The van der Waals surface area contributed by atoms with Crippen LogP contribution in [0.25, 0.3) is 0 Å². The molecule has 2 rings (SSSR count). The third-order valence-corrected chi connectivity index (χ3v) is 2.83. The van der Waals surface area contributed by atoms with Gasteiger partial charge in [-0.1, -0.05) is 12.8 Å². The highest BCUT2D eigenvalue weighted by atomic mass is 16.1. The van der Waals surface area contributed by atoms with E-state index in [4.69, 9.17) is 11.0 Å². The Morgan fingerprint density at radius 2 is 2.24 bits per heavy atom. The maximum atomic E-state index is 11.0. The second kappa shape index (κ2) is 4.78. The van der Waals surface area contributed by atoms with E-state index < -0.39 is 5.91 Å².